The number of hydrogen-bond acceptors (Lipinski definition) is 4. The van der Waals surface area contributed by atoms with Gasteiger partial charge in [0.25, 0.3) is 0 Å². The molecule has 1 aromatic heterocycles. The third kappa shape index (κ3) is 3.20. The van der Waals surface area contributed by atoms with Crippen molar-refractivity contribution < 1.29 is 12.8 Å². The van der Waals surface area contributed by atoms with Crippen molar-refractivity contribution in [2.45, 2.75) is 29.6 Å². The largest absolute Gasteiger partial charge is 0.305 e. The highest BCUT2D eigenvalue weighted by atomic mass is 35.5. The van der Waals surface area contributed by atoms with E-state index in [1.165, 1.54) is 23.7 Å². The monoisotopic (exact) mass is 359 g/mol. The van der Waals surface area contributed by atoms with E-state index in [0.29, 0.717) is 10.8 Å². The predicted octanol–water partition coefficient (Wildman–Crippen LogP) is 3.72. The van der Waals surface area contributed by atoms with Crippen LogP contribution in [0.25, 0.3) is 0 Å². The van der Waals surface area contributed by atoms with Gasteiger partial charge in [0.2, 0.25) is 0 Å². The van der Waals surface area contributed by atoms with Gasteiger partial charge in [0.15, 0.2) is 9.84 Å². The number of rotatable bonds is 4. The highest BCUT2D eigenvalue weighted by Crippen LogP contribution is 2.35. The van der Waals surface area contributed by atoms with Gasteiger partial charge >= 0.3 is 0 Å². The lowest BCUT2D eigenvalue weighted by Gasteiger charge is -2.13. The summed E-state index contributed by atoms with van der Waals surface area (Å²) in [5.41, 5.74) is 2.02. The number of benzene rings is 1. The minimum atomic E-state index is -3.15. The summed E-state index contributed by atoms with van der Waals surface area (Å²) < 4.78 is 36.8. The Balaban J connectivity index is 1.72. The summed E-state index contributed by atoms with van der Waals surface area (Å²) in [4.78, 5) is 0.960. The molecule has 0 spiro atoms. The second-order valence-corrected chi connectivity index (χ2v) is 9.25. The maximum Gasteiger partial charge on any atom is 0.184 e. The van der Waals surface area contributed by atoms with E-state index in [4.69, 9.17) is 11.6 Å². The summed E-state index contributed by atoms with van der Waals surface area (Å²) in [6.45, 7) is 0.583. The van der Waals surface area contributed by atoms with Crippen molar-refractivity contribution in [3.8, 4) is 0 Å². The molecule has 1 atom stereocenters. The molecule has 0 aliphatic heterocycles. The Morgan fingerprint density at radius 1 is 1.41 bits per heavy atom. The first kappa shape index (κ1) is 15.9. The van der Waals surface area contributed by atoms with E-state index < -0.39 is 9.84 Å². The molecule has 2 aromatic rings. The maximum absolute atomic E-state index is 13.5. The van der Waals surface area contributed by atoms with Crippen LogP contribution in [-0.2, 0) is 22.8 Å². The first-order valence-corrected chi connectivity index (χ1v) is 9.93. The molecule has 22 heavy (non-hydrogen) atoms. The van der Waals surface area contributed by atoms with Gasteiger partial charge in [-0.15, -0.1) is 11.3 Å². The molecule has 1 N–H and O–H groups in total. The first-order chi connectivity index (χ1) is 10.3. The average Bonchev–Trinajstić information content (AvgIpc) is 3.04. The number of halogens is 2. The quantitative estimate of drug-likeness (QED) is 0.904. The van der Waals surface area contributed by atoms with E-state index in [2.05, 4.69) is 5.32 Å². The molecule has 0 saturated heterocycles. The Morgan fingerprint density at radius 3 is 2.86 bits per heavy atom. The SMILES string of the molecule is CS(=O)(=O)c1ccc(CNC2CCc3cc(F)c(Cl)cc32)s1. The summed E-state index contributed by atoms with van der Waals surface area (Å²) in [7, 11) is -3.15. The van der Waals surface area contributed by atoms with E-state index in [-0.39, 0.29) is 16.9 Å². The van der Waals surface area contributed by atoms with E-state index >= 15 is 0 Å². The molecule has 118 valence electrons. The lowest BCUT2D eigenvalue weighted by molar-refractivity contribution is 0.533. The molecule has 0 fully saturated rings. The summed E-state index contributed by atoms with van der Waals surface area (Å²) in [5, 5.41) is 3.54. The van der Waals surface area contributed by atoms with Crippen LogP contribution < -0.4 is 5.32 Å². The zero-order chi connectivity index (χ0) is 15.9. The van der Waals surface area contributed by atoms with Crippen LogP contribution in [0.1, 0.15) is 28.5 Å². The topological polar surface area (TPSA) is 46.2 Å². The van der Waals surface area contributed by atoms with Crippen molar-refractivity contribution >= 4 is 32.8 Å². The molecule has 1 unspecified atom stereocenters. The van der Waals surface area contributed by atoms with Gasteiger partial charge in [-0.25, -0.2) is 12.8 Å². The van der Waals surface area contributed by atoms with Gasteiger partial charge in [-0.1, -0.05) is 11.6 Å². The van der Waals surface area contributed by atoms with Crippen LogP contribution in [0.4, 0.5) is 4.39 Å². The van der Waals surface area contributed by atoms with Crippen LogP contribution in [-0.4, -0.2) is 14.7 Å². The maximum atomic E-state index is 13.5. The van der Waals surface area contributed by atoms with Crippen molar-refractivity contribution in [2.24, 2.45) is 0 Å². The molecule has 1 aliphatic carbocycles. The van der Waals surface area contributed by atoms with E-state index in [1.54, 1.807) is 12.1 Å². The number of sulfone groups is 1. The van der Waals surface area contributed by atoms with Crippen LogP contribution in [0, 0.1) is 5.82 Å². The lowest BCUT2D eigenvalue weighted by Crippen LogP contribution is -2.18. The fourth-order valence-electron chi connectivity index (χ4n) is 2.69. The van der Waals surface area contributed by atoms with Crippen LogP contribution in [0.2, 0.25) is 5.02 Å². The van der Waals surface area contributed by atoms with Gasteiger partial charge < -0.3 is 5.32 Å². The Labute approximate surface area is 138 Å². The molecular formula is C15H15ClFNO2S2. The Morgan fingerprint density at radius 2 is 2.18 bits per heavy atom. The number of hydrogen-bond donors (Lipinski definition) is 1. The minimum absolute atomic E-state index is 0.122. The Hall–Kier alpha value is -0.950. The van der Waals surface area contributed by atoms with Gasteiger partial charge in [0.05, 0.1) is 5.02 Å². The third-order valence-electron chi connectivity index (χ3n) is 3.79. The van der Waals surface area contributed by atoms with Gasteiger partial charge in [0.1, 0.15) is 10.0 Å². The summed E-state index contributed by atoms with van der Waals surface area (Å²) >= 11 is 7.13. The van der Waals surface area contributed by atoms with Gasteiger partial charge in [-0.05, 0) is 48.2 Å². The van der Waals surface area contributed by atoms with Gasteiger partial charge in [-0.3, -0.25) is 0 Å². The average molecular weight is 360 g/mol. The summed E-state index contributed by atoms with van der Waals surface area (Å²) in [6.07, 6.45) is 2.92. The lowest BCUT2D eigenvalue weighted by atomic mass is 10.1. The van der Waals surface area contributed by atoms with Crippen molar-refractivity contribution in [3.05, 3.63) is 51.1 Å². The molecule has 1 heterocycles. The molecule has 1 aliphatic rings. The van der Waals surface area contributed by atoms with Crippen molar-refractivity contribution in [1.82, 2.24) is 5.32 Å². The molecule has 7 heteroatoms. The van der Waals surface area contributed by atoms with E-state index in [9.17, 15) is 12.8 Å². The standard InChI is InChI=1S/C15H15ClFNO2S2/c1-22(19,20)15-5-3-10(21-15)8-18-14-4-2-9-6-13(17)12(16)7-11(9)14/h3,5-7,14,18H,2,4,8H2,1H3. The Bertz CT molecular complexity index is 817. The van der Waals surface area contributed by atoms with Crippen LogP contribution in [0.3, 0.4) is 0 Å². The van der Waals surface area contributed by atoms with Crippen LogP contribution >= 0.6 is 22.9 Å². The van der Waals surface area contributed by atoms with Gasteiger partial charge in [0, 0.05) is 23.7 Å². The molecule has 1 aromatic carbocycles. The van der Waals surface area contributed by atoms with E-state index in [0.717, 1.165) is 28.8 Å². The van der Waals surface area contributed by atoms with Crippen LogP contribution in [0.5, 0.6) is 0 Å². The molecule has 0 amide bonds. The van der Waals surface area contributed by atoms with Crippen molar-refractivity contribution in [3.63, 3.8) is 0 Å². The van der Waals surface area contributed by atoms with E-state index in [1.807, 2.05) is 6.07 Å². The second kappa shape index (κ2) is 5.92. The number of nitrogens with one attached hydrogen (secondary N) is 1. The zero-order valence-electron chi connectivity index (χ0n) is 11.9. The van der Waals surface area contributed by atoms with Crippen molar-refractivity contribution in [2.75, 3.05) is 6.26 Å². The Kier molecular flexibility index (Phi) is 4.29. The minimum Gasteiger partial charge on any atom is -0.305 e. The zero-order valence-corrected chi connectivity index (χ0v) is 14.3. The number of thiophene rings is 1. The van der Waals surface area contributed by atoms with Gasteiger partial charge in [-0.2, -0.15) is 0 Å². The van der Waals surface area contributed by atoms with Crippen LogP contribution in [0.15, 0.2) is 28.5 Å². The number of fused-ring (bicyclic) bond motifs is 1. The molecule has 0 bridgehead atoms. The first-order valence-electron chi connectivity index (χ1n) is 6.84. The highest BCUT2D eigenvalue weighted by molar-refractivity contribution is 7.92. The molecule has 3 nitrogen and oxygen atoms in total. The summed E-state index contributed by atoms with van der Waals surface area (Å²) in [5.74, 6) is -0.378. The fraction of sp³-hybridized carbons (Fsp3) is 0.333. The smallest absolute Gasteiger partial charge is 0.184 e. The molecule has 0 radical (unpaired) electrons. The highest BCUT2D eigenvalue weighted by Gasteiger charge is 2.24. The number of aryl methyl sites for hydroxylation is 1. The van der Waals surface area contributed by atoms with Crippen molar-refractivity contribution in [1.29, 1.82) is 0 Å². The predicted molar refractivity (Wildman–Crippen MR) is 86.7 cm³/mol. The normalized spacial score (nSPS) is 17.7. The summed E-state index contributed by atoms with van der Waals surface area (Å²) in [6, 6.07) is 6.77. The fourth-order valence-corrected chi connectivity index (χ4v) is 4.79. The third-order valence-corrected chi connectivity index (χ3v) is 6.98. The molecular weight excluding hydrogens is 345 g/mol. The molecule has 0 saturated carbocycles. The molecule has 3 rings (SSSR count). The second-order valence-electron chi connectivity index (χ2n) is 5.43.